The minimum absolute atomic E-state index is 0.000447. The van der Waals surface area contributed by atoms with Gasteiger partial charge in [-0.25, -0.2) is 17.9 Å². The van der Waals surface area contributed by atoms with Crippen LogP contribution in [0.2, 0.25) is 0 Å². The number of rotatable bonds is 7. The lowest BCUT2D eigenvalue weighted by Crippen LogP contribution is -2.37. The normalized spacial score (nSPS) is 16.5. The first-order valence-electron chi connectivity index (χ1n) is 8.91. The van der Waals surface area contributed by atoms with Crippen LogP contribution in [0.5, 0.6) is 0 Å². The second-order valence-corrected chi connectivity index (χ2v) is 8.58. The van der Waals surface area contributed by atoms with Crippen molar-refractivity contribution in [2.75, 3.05) is 19.6 Å². The third-order valence-corrected chi connectivity index (χ3v) is 6.63. The molecule has 0 saturated carbocycles. The highest BCUT2D eigenvalue weighted by Gasteiger charge is 2.28. The lowest BCUT2D eigenvalue weighted by molar-refractivity contribution is 0.0696. The Bertz CT molecular complexity index is 916. The molecule has 0 spiro atoms. The van der Waals surface area contributed by atoms with Gasteiger partial charge in [0.15, 0.2) is 0 Å². The van der Waals surface area contributed by atoms with E-state index in [4.69, 9.17) is 4.42 Å². The molecule has 146 valence electrons. The minimum Gasteiger partial charge on any atom is -0.478 e. The molecule has 0 amide bonds. The van der Waals surface area contributed by atoms with Gasteiger partial charge >= 0.3 is 5.97 Å². The number of benzene rings is 1. The first-order valence-corrected chi connectivity index (χ1v) is 10.4. The largest absolute Gasteiger partial charge is 0.478 e. The van der Waals surface area contributed by atoms with Gasteiger partial charge in [-0.2, -0.15) is 0 Å². The Morgan fingerprint density at radius 3 is 2.59 bits per heavy atom. The lowest BCUT2D eigenvalue weighted by Gasteiger charge is -2.26. The molecule has 8 heteroatoms. The highest BCUT2D eigenvalue weighted by molar-refractivity contribution is 7.89. The maximum absolute atomic E-state index is 12.9. The van der Waals surface area contributed by atoms with Crippen LogP contribution in [0.15, 0.2) is 39.8 Å². The van der Waals surface area contributed by atoms with Gasteiger partial charge in [0, 0.05) is 6.54 Å². The van der Waals surface area contributed by atoms with E-state index in [2.05, 4.69) is 9.62 Å². The van der Waals surface area contributed by atoms with Crippen molar-refractivity contribution in [3.05, 3.63) is 53.0 Å². The first-order chi connectivity index (χ1) is 12.8. The second-order valence-electron chi connectivity index (χ2n) is 6.85. The van der Waals surface area contributed by atoms with Crippen LogP contribution < -0.4 is 4.72 Å². The molecule has 7 nitrogen and oxygen atoms in total. The standard InChI is InChI=1S/C19H24N2O5S/c1-13-10-15(19(22)23)11-18(14(13)2)27(24,25)20-12-16(17-6-5-9-26-17)21-7-3-4-8-21/h5-6,9-11,16,20H,3-4,7-8,12H2,1-2H3,(H,22,23). The summed E-state index contributed by atoms with van der Waals surface area (Å²) in [6, 6.07) is 6.13. The Morgan fingerprint density at radius 2 is 2.00 bits per heavy atom. The van der Waals surface area contributed by atoms with Crippen LogP contribution in [0.3, 0.4) is 0 Å². The Kier molecular flexibility index (Phi) is 5.69. The average molecular weight is 392 g/mol. The molecule has 2 aromatic rings. The van der Waals surface area contributed by atoms with Crippen molar-refractivity contribution in [2.24, 2.45) is 0 Å². The summed E-state index contributed by atoms with van der Waals surface area (Å²) in [5, 5.41) is 9.24. The van der Waals surface area contributed by atoms with E-state index < -0.39 is 16.0 Å². The third kappa shape index (κ3) is 4.23. The zero-order valence-corrected chi connectivity index (χ0v) is 16.3. The molecule has 0 aliphatic carbocycles. The van der Waals surface area contributed by atoms with E-state index in [1.165, 1.54) is 12.1 Å². The summed E-state index contributed by atoms with van der Waals surface area (Å²) in [4.78, 5) is 13.5. The fourth-order valence-electron chi connectivity index (χ4n) is 3.44. The predicted molar refractivity (Wildman–Crippen MR) is 100 cm³/mol. The van der Waals surface area contributed by atoms with Crippen molar-refractivity contribution in [1.29, 1.82) is 0 Å². The van der Waals surface area contributed by atoms with Crippen molar-refractivity contribution in [1.82, 2.24) is 9.62 Å². The van der Waals surface area contributed by atoms with Gasteiger partial charge < -0.3 is 9.52 Å². The maximum atomic E-state index is 12.9. The van der Waals surface area contributed by atoms with E-state index >= 15 is 0 Å². The van der Waals surface area contributed by atoms with Crippen LogP contribution in [0.25, 0.3) is 0 Å². The predicted octanol–water partition coefficient (Wildman–Crippen LogP) is 2.71. The molecule has 1 aliphatic rings. The molecule has 3 rings (SSSR count). The van der Waals surface area contributed by atoms with E-state index in [0.717, 1.165) is 25.9 Å². The van der Waals surface area contributed by atoms with Crippen LogP contribution in [-0.4, -0.2) is 44.0 Å². The zero-order valence-electron chi connectivity index (χ0n) is 15.4. The number of aromatic carboxylic acids is 1. The lowest BCUT2D eigenvalue weighted by atomic mass is 10.1. The molecule has 1 atom stereocenters. The van der Waals surface area contributed by atoms with Gasteiger partial charge in [-0.1, -0.05) is 0 Å². The molecule has 1 aromatic heterocycles. The molecule has 27 heavy (non-hydrogen) atoms. The number of sulfonamides is 1. The topological polar surface area (TPSA) is 99.8 Å². The number of aryl methyl sites for hydroxylation is 1. The monoisotopic (exact) mass is 392 g/mol. The van der Waals surface area contributed by atoms with Crippen LogP contribution >= 0.6 is 0 Å². The summed E-state index contributed by atoms with van der Waals surface area (Å²) in [5.41, 5.74) is 1.13. The zero-order chi connectivity index (χ0) is 19.6. The van der Waals surface area contributed by atoms with Gasteiger partial charge in [0.25, 0.3) is 0 Å². The molecule has 2 heterocycles. The van der Waals surface area contributed by atoms with Crippen molar-refractivity contribution in [3.8, 4) is 0 Å². The average Bonchev–Trinajstić information content (AvgIpc) is 3.31. The van der Waals surface area contributed by atoms with Crippen molar-refractivity contribution in [2.45, 2.75) is 37.6 Å². The van der Waals surface area contributed by atoms with Crippen LogP contribution in [0.4, 0.5) is 0 Å². The molecule has 2 N–H and O–H groups in total. The van der Waals surface area contributed by atoms with Crippen molar-refractivity contribution >= 4 is 16.0 Å². The molecular weight excluding hydrogens is 368 g/mol. The summed E-state index contributed by atoms with van der Waals surface area (Å²) in [7, 11) is -3.87. The second kappa shape index (κ2) is 7.84. The molecule has 0 bridgehead atoms. The quantitative estimate of drug-likeness (QED) is 0.752. The molecule has 1 saturated heterocycles. The number of hydrogen-bond acceptors (Lipinski definition) is 5. The Hall–Kier alpha value is -2.16. The van der Waals surface area contributed by atoms with E-state index in [9.17, 15) is 18.3 Å². The maximum Gasteiger partial charge on any atom is 0.335 e. The summed E-state index contributed by atoms with van der Waals surface area (Å²) >= 11 is 0. The number of nitrogens with zero attached hydrogens (tertiary/aromatic N) is 1. The van der Waals surface area contributed by atoms with Crippen LogP contribution in [-0.2, 0) is 10.0 Å². The molecule has 1 unspecified atom stereocenters. The molecule has 0 radical (unpaired) electrons. The van der Waals surface area contributed by atoms with Crippen LogP contribution in [0.1, 0.15) is 46.1 Å². The Labute approximate surface area is 159 Å². The van der Waals surface area contributed by atoms with Gasteiger partial charge in [-0.15, -0.1) is 0 Å². The van der Waals surface area contributed by atoms with Crippen LogP contribution in [0, 0.1) is 13.8 Å². The molecule has 1 aromatic carbocycles. The van der Waals surface area contributed by atoms with Crippen molar-refractivity contribution in [3.63, 3.8) is 0 Å². The van der Waals surface area contributed by atoms with E-state index in [0.29, 0.717) is 16.9 Å². The minimum atomic E-state index is -3.87. The highest BCUT2D eigenvalue weighted by Crippen LogP contribution is 2.26. The fourth-order valence-corrected chi connectivity index (χ4v) is 4.82. The first kappa shape index (κ1) is 19.6. The fraction of sp³-hybridized carbons (Fsp3) is 0.421. The summed E-state index contributed by atoms with van der Waals surface area (Å²) in [6.45, 7) is 5.32. The Morgan fingerprint density at radius 1 is 1.30 bits per heavy atom. The summed E-state index contributed by atoms with van der Waals surface area (Å²) in [6.07, 6.45) is 3.72. The van der Waals surface area contributed by atoms with Gasteiger partial charge in [0.1, 0.15) is 5.76 Å². The molecule has 1 aliphatic heterocycles. The number of nitrogens with one attached hydrogen (secondary N) is 1. The van der Waals surface area contributed by atoms with Crippen molar-refractivity contribution < 1.29 is 22.7 Å². The van der Waals surface area contributed by atoms with Gasteiger partial charge in [-0.05, 0) is 75.2 Å². The summed E-state index contributed by atoms with van der Waals surface area (Å²) < 4.78 is 34.0. The smallest absolute Gasteiger partial charge is 0.335 e. The molecule has 1 fully saturated rings. The number of furan rings is 1. The van der Waals surface area contributed by atoms with E-state index in [-0.39, 0.29) is 23.0 Å². The highest BCUT2D eigenvalue weighted by atomic mass is 32.2. The summed E-state index contributed by atoms with van der Waals surface area (Å²) in [5.74, 6) is -0.438. The number of likely N-dealkylation sites (tertiary alicyclic amines) is 1. The molecular formula is C19H24N2O5S. The van der Waals surface area contributed by atoms with Gasteiger partial charge in [0.2, 0.25) is 10.0 Å². The van der Waals surface area contributed by atoms with E-state index in [1.54, 1.807) is 26.2 Å². The number of carboxylic acid groups (broad SMARTS) is 1. The van der Waals surface area contributed by atoms with Gasteiger partial charge in [0.05, 0.1) is 22.8 Å². The van der Waals surface area contributed by atoms with Gasteiger partial charge in [-0.3, -0.25) is 4.90 Å². The third-order valence-electron chi connectivity index (χ3n) is 5.08. The Balaban J connectivity index is 1.86. The number of carbonyl (C=O) groups is 1. The number of carboxylic acids is 1. The SMILES string of the molecule is Cc1cc(C(=O)O)cc(S(=O)(=O)NCC(c2ccco2)N2CCCC2)c1C. The van der Waals surface area contributed by atoms with E-state index in [1.807, 2.05) is 6.07 Å². The number of hydrogen-bond donors (Lipinski definition) is 2.